The van der Waals surface area contributed by atoms with Crippen LogP contribution in [-0.4, -0.2) is 10.9 Å². The normalized spacial score (nSPS) is 10.7. The number of amides is 1. The second-order valence-electron chi connectivity index (χ2n) is 6.31. The summed E-state index contributed by atoms with van der Waals surface area (Å²) in [5.74, 6) is 0.792. The average molecular weight is 383 g/mol. The molecule has 0 aliphatic carbocycles. The van der Waals surface area contributed by atoms with Gasteiger partial charge in [0.15, 0.2) is 0 Å². The minimum Gasteiger partial charge on any atom is -0.325 e. The Bertz CT molecular complexity index is 918. The molecule has 0 saturated carbocycles. The molecule has 0 radical (unpaired) electrons. The van der Waals surface area contributed by atoms with Gasteiger partial charge in [0.25, 0.3) is 0 Å². The monoisotopic (exact) mass is 382 g/mol. The van der Waals surface area contributed by atoms with E-state index < -0.39 is 0 Å². The second-order valence-corrected chi connectivity index (χ2v) is 8.30. The third kappa shape index (κ3) is 4.96. The SMILES string of the molecule is Cc1ccc(SCc2csc(CC(=O)Nc3ccccc3C)n2)cc1C. The number of aromatic nitrogens is 1. The maximum Gasteiger partial charge on any atom is 0.231 e. The van der Waals surface area contributed by atoms with Gasteiger partial charge in [-0.1, -0.05) is 24.3 Å². The van der Waals surface area contributed by atoms with Gasteiger partial charge >= 0.3 is 0 Å². The van der Waals surface area contributed by atoms with Crippen LogP contribution in [0, 0.1) is 20.8 Å². The number of rotatable bonds is 6. The van der Waals surface area contributed by atoms with Crippen LogP contribution in [0.1, 0.15) is 27.4 Å². The number of aryl methyl sites for hydroxylation is 3. The summed E-state index contributed by atoms with van der Waals surface area (Å²) in [6.07, 6.45) is 0.313. The fourth-order valence-electron chi connectivity index (χ4n) is 2.50. The van der Waals surface area contributed by atoms with Crippen LogP contribution in [-0.2, 0) is 17.0 Å². The molecule has 0 fully saturated rings. The highest BCUT2D eigenvalue weighted by Crippen LogP contribution is 2.25. The van der Waals surface area contributed by atoms with Crippen molar-refractivity contribution in [2.24, 2.45) is 0 Å². The van der Waals surface area contributed by atoms with E-state index in [2.05, 4.69) is 42.3 Å². The molecule has 0 bridgehead atoms. The molecule has 5 heteroatoms. The molecular formula is C21H22N2OS2. The zero-order valence-electron chi connectivity index (χ0n) is 15.2. The molecule has 1 N–H and O–H groups in total. The summed E-state index contributed by atoms with van der Waals surface area (Å²) < 4.78 is 0. The predicted octanol–water partition coefficient (Wildman–Crippen LogP) is 5.54. The van der Waals surface area contributed by atoms with Gasteiger partial charge in [0, 0.05) is 21.7 Å². The van der Waals surface area contributed by atoms with Crippen LogP contribution in [0.2, 0.25) is 0 Å². The number of hydrogen-bond acceptors (Lipinski definition) is 4. The van der Waals surface area contributed by atoms with Gasteiger partial charge in [-0.2, -0.15) is 0 Å². The van der Waals surface area contributed by atoms with Crippen molar-refractivity contribution in [2.45, 2.75) is 37.8 Å². The molecule has 3 nitrogen and oxygen atoms in total. The van der Waals surface area contributed by atoms with Gasteiger partial charge in [-0.25, -0.2) is 4.98 Å². The van der Waals surface area contributed by atoms with Crippen molar-refractivity contribution in [1.29, 1.82) is 0 Å². The Hall–Kier alpha value is -2.11. The van der Waals surface area contributed by atoms with Crippen LogP contribution in [0.4, 0.5) is 5.69 Å². The number of anilines is 1. The molecule has 2 aromatic carbocycles. The molecule has 0 aliphatic heterocycles. The van der Waals surface area contributed by atoms with E-state index >= 15 is 0 Å². The van der Waals surface area contributed by atoms with E-state index in [0.717, 1.165) is 27.7 Å². The molecule has 1 heterocycles. The van der Waals surface area contributed by atoms with Crippen molar-refractivity contribution in [1.82, 2.24) is 4.98 Å². The highest BCUT2D eigenvalue weighted by molar-refractivity contribution is 7.98. The maximum atomic E-state index is 12.2. The summed E-state index contributed by atoms with van der Waals surface area (Å²) in [6, 6.07) is 14.3. The number of hydrogen-bond donors (Lipinski definition) is 1. The zero-order chi connectivity index (χ0) is 18.5. The molecule has 0 spiro atoms. The number of nitrogens with zero attached hydrogens (tertiary/aromatic N) is 1. The first-order chi connectivity index (χ1) is 12.5. The lowest BCUT2D eigenvalue weighted by atomic mass is 10.1. The van der Waals surface area contributed by atoms with Crippen LogP contribution < -0.4 is 5.32 Å². The summed E-state index contributed by atoms with van der Waals surface area (Å²) in [4.78, 5) is 18.1. The minimum absolute atomic E-state index is 0.0259. The molecule has 1 aromatic heterocycles. The van der Waals surface area contributed by atoms with Crippen LogP contribution in [0.3, 0.4) is 0 Å². The van der Waals surface area contributed by atoms with Crippen molar-refractivity contribution in [3.8, 4) is 0 Å². The molecular weight excluding hydrogens is 360 g/mol. The van der Waals surface area contributed by atoms with Crippen molar-refractivity contribution in [3.63, 3.8) is 0 Å². The lowest BCUT2D eigenvalue weighted by Crippen LogP contribution is -2.15. The summed E-state index contributed by atoms with van der Waals surface area (Å²) in [5.41, 5.74) is 5.56. The van der Waals surface area contributed by atoms with E-state index in [-0.39, 0.29) is 5.91 Å². The topological polar surface area (TPSA) is 42.0 Å². The van der Waals surface area contributed by atoms with Crippen LogP contribution in [0.5, 0.6) is 0 Å². The predicted molar refractivity (Wildman–Crippen MR) is 111 cm³/mol. The number of carbonyl (C=O) groups excluding carboxylic acids is 1. The number of thioether (sulfide) groups is 1. The first-order valence-corrected chi connectivity index (χ1v) is 10.4. The molecule has 0 unspecified atom stereocenters. The Labute approximate surface area is 162 Å². The Kier molecular flexibility index (Phi) is 6.12. The van der Waals surface area contributed by atoms with Crippen molar-refractivity contribution >= 4 is 34.7 Å². The fourth-order valence-corrected chi connectivity index (χ4v) is 4.29. The number of nitrogens with one attached hydrogen (secondary N) is 1. The van der Waals surface area contributed by atoms with Crippen molar-refractivity contribution in [2.75, 3.05) is 5.32 Å². The third-order valence-electron chi connectivity index (χ3n) is 4.20. The third-order valence-corrected chi connectivity index (χ3v) is 6.12. The Balaban J connectivity index is 1.55. The lowest BCUT2D eigenvalue weighted by molar-refractivity contribution is -0.115. The van der Waals surface area contributed by atoms with Gasteiger partial charge in [0.2, 0.25) is 5.91 Å². The number of benzene rings is 2. The Morgan fingerprint density at radius 1 is 1.08 bits per heavy atom. The van der Waals surface area contributed by atoms with Gasteiger partial charge in [0.1, 0.15) is 5.01 Å². The van der Waals surface area contributed by atoms with Gasteiger partial charge in [-0.15, -0.1) is 23.1 Å². The standard InChI is InChI=1S/C21H22N2OS2/c1-14-8-9-18(10-16(14)3)25-12-17-13-26-21(22-17)11-20(24)23-19-7-5-4-6-15(19)2/h4-10,13H,11-12H2,1-3H3,(H,23,24). The molecule has 0 saturated heterocycles. The first-order valence-electron chi connectivity index (χ1n) is 8.50. The second kappa shape index (κ2) is 8.52. The quantitative estimate of drug-likeness (QED) is 0.569. The lowest BCUT2D eigenvalue weighted by Gasteiger charge is -2.06. The molecule has 26 heavy (non-hydrogen) atoms. The van der Waals surface area contributed by atoms with Crippen LogP contribution in [0.25, 0.3) is 0 Å². The molecule has 0 aliphatic rings. The van der Waals surface area contributed by atoms with Crippen LogP contribution >= 0.6 is 23.1 Å². The summed E-state index contributed by atoms with van der Waals surface area (Å²) in [7, 11) is 0. The van der Waals surface area contributed by atoms with E-state index in [9.17, 15) is 4.79 Å². The molecule has 134 valence electrons. The Morgan fingerprint density at radius 3 is 2.65 bits per heavy atom. The van der Waals surface area contributed by atoms with Crippen LogP contribution in [0.15, 0.2) is 52.7 Å². The summed E-state index contributed by atoms with van der Waals surface area (Å²) >= 11 is 3.32. The van der Waals surface area contributed by atoms with Gasteiger partial charge in [-0.05, 0) is 55.7 Å². The number of para-hydroxylation sites is 1. The number of thiazole rings is 1. The molecule has 3 rings (SSSR count). The summed E-state index contributed by atoms with van der Waals surface area (Å²) in [6.45, 7) is 6.24. The zero-order valence-corrected chi connectivity index (χ0v) is 16.8. The largest absolute Gasteiger partial charge is 0.325 e. The van der Waals surface area contributed by atoms with Gasteiger partial charge in [0.05, 0.1) is 12.1 Å². The highest BCUT2D eigenvalue weighted by atomic mass is 32.2. The first kappa shape index (κ1) is 18.7. The Morgan fingerprint density at radius 2 is 1.88 bits per heavy atom. The smallest absolute Gasteiger partial charge is 0.231 e. The highest BCUT2D eigenvalue weighted by Gasteiger charge is 2.10. The van der Waals surface area contributed by atoms with Crippen molar-refractivity contribution < 1.29 is 4.79 Å². The van der Waals surface area contributed by atoms with Gasteiger partial charge in [-0.3, -0.25) is 4.79 Å². The van der Waals surface area contributed by atoms with E-state index in [1.54, 1.807) is 23.1 Å². The average Bonchev–Trinajstić information content (AvgIpc) is 3.05. The van der Waals surface area contributed by atoms with E-state index in [0.29, 0.717) is 6.42 Å². The van der Waals surface area contributed by atoms with Crippen molar-refractivity contribution in [3.05, 3.63) is 75.2 Å². The molecule has 3 aromatic rings. The molecule has 0 atom stereocenters. The van der Waals surface area contributed by atoms with Gasteiger partial charge < -0.3 is 5.32 Å². The summed E-state index contributed by atoms with van der Waals surface area (Å²) in [5, 5.41) is 5.86. The number of carbonyl (C=O) groups is 1. The van der Waals surface area contributed by atoms with E-state index in [1.165, 1.54) is 16.0 Å². The molecule has 1 amide bonds. The van der Waals surface area contributed by atoms with E-state index in [1.807, 2.05) is 36.6 Å². The minimum atomic E-state index is -0.0259. The van der Waals surface area contributed by atoms with E-state index in [4.69, 9.17) is 0 Å². The maximum absolute atomic E-state index is 12.2. The fraction of sp³-hybridized carbons (Fsp3) is 0.238.